The molecule has 1 heterocycles. The number of benzene rings is 2. The van der Waals surface area contributed by atoms with Crippen LogP contribution >= 0.6 is 11.6 Å². The number of imide groups is 1. The van der Waals surface area contributed by atoms with Crippen LogP contribution in [0.3, 0.4) is 0 Å². The Bertz CT molecular complexity index is 1070. The first-order chi connectivity index (χ1) is 14.1. The van der Waals surface area contributed by atoms with Gasteiger partial charge in [-0.2, -0.15) is 13.2 Å². The average molecular weight is 438 g/mol. The number of urea groups is 1. The maximum Gasteiger partial charge on any atom is 0.418 e. The predicted octanol–water partition coefficient (Wildman–Crippen LogP) is 3.69. The number of halogens is 4. The van der Waals surface area contributed by atoms with E-state index in [1.165, 1.54) is 6.07 Å². The van der Waals surface area contributed by atoms with Gasteiger partial charge in [0.15, 0.2) is 0 Å². The quantitative estimate of drug-likeness (QED) is 0.719. The smallest absolute Gasteiger partial charge is 0.324 e. The minimum atomic E-state index is -4.74. The summed E-state index contributed by atoms with van der Waals surface area (Å²) in [5.74, 6) is -1.53. The van der Waals surface area contributed by atoms with Gasteiger partial charge in [0.25, 0.3) is 5.91 Å². The monoisotopic (exact) mass is 437 g/mol. The van der Waals surface area contributed by atoms with E-state index in [9.17, 15) is 27.6 Å². The molecule has 30 heavy (non-hydrogen) atoms. The first-order valence-corrected chi connectivity index (χ1v) is 9.39. The standard InChI is InChI=1S/C20H15ClF3N3O3/c21-12-5-6-15(14(9-12)20(22,23)24)25-16(28)10-27-17(29)19(26-18(27)30)8-7-11-3-1-2-4-13(11)19/h1-6,9H,7-8,10H2,(H,25,28)(H,26,30). The van der Waals surface area contributed by atoms with Crippen LogP contribution in [-0.2, 0) is 27.7 Å². The Morgan fingerprint density at radius 1 is 1.20 bits per heavy atom. The van der Waals surface area contributed by atoms with Gasteiger partial charge < -0.3 is 10.6 Å². The number of nitrogens with one attached hydrogen (secondary N) is 2. The molecule has 1 spiro atoms. The molecule has 2 aromatic carbocycles. The normalized spacial score (nSPS) is 20.5. The molecule has 156 valence electrons. The summed E-state index contributed by atoms with van der Waals surface area (Å²) in [7, 11) is 0. The van der Waals surface area contributed by atoms with Crippen LogP contribution in [-0.4, -0.2) is 29.3 Å². The van der Waals surface area contributed by atoms with Gasteiger partial charge in [-0.05, 0) is 42.2 Å². The Labute approximate surface area is 174 Å². The molecular weight excluding hydrogens is 423 g/mol. The van der Waals surface area contributed by atoms with Gasteiger partial charge in [0.05, 0.1) is 11.3 Å². The SMILES string of the molecule is O=C(CN1C(=O)NC2(CCc3ccccc32)C1=O)Nc1ccc(Cl)cc1C(F)(F)F. The lowest BCUT2D eigenvalue weighted by molar-refractivity contribution is -0.137. The Morgan fingerprint density at radius 3 is 2.67 bits per heavy atom. The minimum Gasteiger partial charge on any atom is -0.324 e. The molecule has 0 bridgehead atoms. The van der Waals surface area contributed by atoms with Gasteiger partial charge in [-0.1, -0.05) is 35.9 Å². The minimum absolute atomic E-state index is 0.142. The lowest BCUT2D eigenvalue weighted by Crippen LogP contribution is -2.43. The van der Waals surface area contributed by atoms with E-state index < -0.39 is 47.4 Å². The molecule has 1 fully saturated rings. The van der Waals surface area contributed by atoms with Crippen LogP contribution < -0.4 is 10.6 Å². The first-order valence-electron chi connectivity index (χ1n) is 9.01. The fourth-order valence-corrected chi connectivity index (χ4v) is 4.10. The van der Waals surface area contributed by atoms with E-state index in [0.717, 1.165) is 16.5 Å². The van der Waals surface area contributed by atoms with Crippen molar-refractivity contribution in [2.45, 2.75) is 24.6 Å². The van der Waals surface area contributed by atoms with E-state index >= 15 is 0 Å². The van der Waals surface area contributed by atoms with Crippen molar-refractivity contribution in [3.05, 3.63) is 64.2 Å². The lowest BCUT2D eigenvalue weighted by Gasteiger charge is -2.22. The highest BCUT2D eigenvalue weighted by Crippen LogP contribution is 2.41. The molecular formula is C20H15ClF3N3O3. The van der Waals surface area contributed by atoms with Crippen LogP contribution in [0.4, 0.5) is 23.7 Å². The van der Waals surface area contributed by atoms with Crippen molar-refractivity contribution in [3.8, 4) is 0 Å². The summed E-state index contributed by atoms with van der Waals surface area (Å²) in [6.07, 6.45) is -3.81. The zero-order chi connectivity index (χ0) is 21.7. The Balaban J connectivity index is 1.54. The summed E-state index contributed by atoms with van der Waals surface area (Å²) in [5, 5.41) is 4.63. The lowest BCUT2D eigenvalue weighted by atomic mass is 9.92. The molecule has 4 rings (SSSR count). The van der Waals surface area contributed by atoms with Crippen molar-refractivity contribution in [2.24, 2.45) is 0 Å². The number of amides is 4. The second kappa shape index (κ2) is 7.02. The summed E-state index contributed by atoms with van der Waals surface area (Å²) >= 11 is 5.63. The third-order valence-corrected chi connectivity index (χ3v) is 5.52. The van der Waals surface area contributed by atoms with Crippen LogP contribution in [0.2, 0.25) is 5.02 Å². The van der Waals surface area contributed by atoms with E-state index in [2.05, 4.69) is 10.6 Å². The second-order valence-corrected chi connectivity index (χ2v) is 7.56. The molecule has 2 N–H and O–H groups in total. The molecule has 1 atom stereocenters. The molecule has 1 unspecified atom stereocenters. The Morgan fingerprint density at radius 2 is 1.93 bits per heavy atom. The first kappa shape index (κ1) is 20.2. The molecule has 0 saturated carbocycles. The number of carbonyl (C=O) groups is 3. The third-order valence-electron chi connectivity index (χ3n) is 5.29. The molecule has 4 amide bonds. The summed E-state index contributed by atoms with van der Waals surface area (Å²) in [6.45, 7) is -0.714. The highest BCUT2D eigenvalue weighted by Gasteiger charge is 2.55. The van der Waals surface area contributed by atoms with Gasteiger partial charge in [-0.3, -0.25) is 14.5 Å². The maximum absolute atomic E-state index is 13.2. The number of anilines is 1. The summed E-state index contributed by atoms with van der Waals surface area (Å²) in [6, 6.07) is 9.32. The molecule has 6 nitrogen and oxygen atoms in total. The van der Waals surface area contributed by atoms with E-state index in [4.69, 9.17) is 11.6 Å². The van der Waals surface area contributed by atoms with Crippen molar-refractivity contribution < 1.29 is 27.6 Å². The van der Waals surface area contributed by atoms with Gasteiger partial charge in [0.1, 0.15) is 12.1 Å². The number of alkyl halides is 3. The number of rotatable bonds is 3. The molecule has 1 aliphatic carbocycles. The van der Waals surface area contributed by atoms with Gasteiger partial charge in [-0.25, -0.2) is 4.79 Å². The van der Waals surface area contributed by atoms with Crippen LogP contribution in [0.1, 0.15) is 23.1 Å². The Kier molecular flexibility index (Phi) is 4.73. The van der Waals surface area contributed by atoms with Crippen molar-refractivity contribution >= 4 is 35.1 Å². The zero-order valence-corrected chi connectivity index (χ0v) is 16.1. The number of hydrogen-bond donors (Lipinski definition) is 2. The number of fused-ring (bicyclic) bond motifs is 2. The highest BCUT2D eigenvalue weighted by molar-refractivity contribution is 6.30. The van der Waals surface area contributed by atoms with Crippen LogP contribution in [0.5, 0.6) is 0 Å². The summed E-state index contributed by atoms with van der Waals surface area (Å²) in [4.78, 5) is 38.6. The van der Waals surface area contributed by atoms with E-state index in [1.807, 2.05) is 12.1 Å². The van der Waals surface area contributed by atoms with Crippen LogP contribution in [0.15, 0.2) is 42.5 Å². The van der Waals surface area contributed by atoms with E-state index in [0.29, 0.717) is 24.5 Å². The van der Waals surface area contributed by atoms with Crippen LogP contribution in [0.25, 0.3) is 0 Å². The summed E-state index contributed by atoms with van der Waals surface area (Å²) in [5.41, 5.74) is -1.28. The average Bonchev–Trinajstić information content (AvgIpc) is 3.16. The van der Waals surface area contributed by atoms with Crippen molar-refractivity contribution in [1.29, 1.82) is 0 Å². The molecule has 0 radical (unpaired) electrons. The highest BCUT2D eigenvalue weighted by atomic mass is 35.5. The van der Waals surface area contributed by atoms with Crippen molar-refractivity contribution in [2.75, 3.05) is 11.9 Å². The Hall–Kier alpha value is -3.07. The topological polar surface area (TPSA) is 78.5 Å². The third kappa shape index (κ3) is 3.28. The molecule has 2 aromatic rings. The zero-order valence-electron chi connectivity index (χ0n) is 15.3. The second-order valence-electron chi connectivity index (χ2n) is 7.12. The number of carbonyl (C=O) groups excluding carboxylic acids is 3. The van der Waals surface area contributed by atoms with Gasteiger partial charge in [0, 0.05) is 5.02 Å². The van der Waals surface area contributed by atoms with Crippen molar-refractivity contribution in [3.63, 3.8) is 0 Å². The molecule has 0 aromatic heterocycles. The van der Waals surface area contributed by atoms with E-state index in [1.54, 1.807) is 12.1 Å². The molecule has 1 aliphatic heterocycles. The fourth-order valence-electron chi connectivity index (χ4n) is 3.93. The summed E-state index contributed by atoms with van der Waals surface area (Å²) < 4.78 is 39.6. The van der Waals surface area contributed by atoms with Gasteiger partial charge >= 0.3 is 12.2 Å². The largest absolute Gasteiger partial charge is 0.418 e. The molecule has 2 aliphatic rings. The molecule has 1 saturated heterocycles. The van der Waals surface area contributed by atoms with Crippen molar-refractivity contribution in [1.82, 2.24) is 10.2 Å². The number of aryl methyl sites for hydroxylation is 1. The predicted molar refractivity (Wildman–Crippen MR) is 102 cm³/mol. The van der Waals surface area contributed by atoms with Gasteiger partial charge in [0.2, 0.25) is 5.91 Å². The number of nitrogens with zero attached hydrogens (tertiary/aromatic N) is 1. The fraction of sp³-hybridized carbons (Fsp3) is 0.250. The molecule has 10 heteroatoms. The van der Waals surface area contributed by atoms with Crippen LogP contribution in [0, 0.1) is 0 Å². The maximum atomic E-state index is 13.2. The van der Waals surface area contributed by atoms with Gasteiger partial charge in [-0.15, -0.1) is 0 Å². The number of hydrogen-bond acceptors (Lipinski definition) is 3. The van der Waals surface area contributed by atoms with E-state index in [-0.39, 0.29) is 5.02 Å².